The van der Waals surface area contributed by atoms with Gasteiger partial charge in [-0.2, -0.15) is 0 Å². The van der Waals surface area contributed by atoms with Crippen LogP contribution < -0.4 is 10.6 Å². The summed E-state index contributed by atoms with van der Waals surface area (Å²) in [7, 11) is 0. The lowest BCUT2D eigenvalue weighted by atomic mass is 10.1. The Bertz CT molecular complexity index is 746. The summed E-state index contributed by atoms with van der Waals surface area (Å²) in [6.07, 6.45) is 4.22. The maximum absolute atomic E-state index is 6.29. The zero-order valence-electron chi connectivity index (χ0n) is 16.8. The number of hydrogen-bond acceptors (Lipinski definition) is 5. The van der Waals surface area contributed by atoms with Crippen LogP contribution in [0.15, 0.2) is 46.9 Å². The van der Waals surface area contributed by atoms with Crippen molar-refractivity contribution in [3.63, 3.8) is 0 Å². The molecule has 0 amide bonds. The number of hydrogen-bond donors (Lipinski definition) is 1. The highest BCUT2D eigenvalue weighted by Gasteiger charge is 2.23. The van der Waals surface area contributed by atoms with Crippen LogP contribution in [0.3, 0.4) is 0 Å². The Morgan fingerprint density at radius 2 is 1.93 bits per heavy atom. The van der Waals surface area contributed by atoms with Gasteiger partial charge in [-0.15, -0.1) is 35.3 Å². The predicted molar refractivity (Wildman–Crippen MR) is 132 cm³/mol. The molecule has 6 nitrogen and oxygen atoms in total. The zero-order chi connectivity index (χ0) is 19.2. The molecule has 4 rings (SSSR count). The molecule has 2 aliphatic heterocycles. The lowest BCUT2D eigenvalue weighted by Crippen LogP contribution is -2.51. The molecule has 29 heavy (non-hydrogen) atoms. The molecule has 158 valence electrons. The summed E-state index contributed by atoms with van der Waals surface area (Å²) in [6, 6.07) is 10.8. The first-order valence-electron chi connectivity index (χ1n) is 10.2. The van der Waals surface area contributed by atoms with Crippen molar-refractivity contribution in [2.24, 2.45) is 16.6 Å². The van der Waals surface area contributed by atoms with Gasteiger partial charge in [0.2, 0.25) is 0 Å². The third-order valence-electron chi connectivity index (χ3n) is 5.73. The molecule has 1 aromatic carbocycles. The van der Waals surface area contributed by atoms with E-state index in [1.807, 2.05) is 11.6 Å². The van der Waals surface area contributed by atoms with E-state index in [2.05, 4.69) is 50.0 Å². The number of rotatable bonds is 6. The number of thiazole rings is 1. The Kier molecular flexibility index (Phi) is 8.55. The number of benzene rings is 1. The van der Waals surface area contributed by atoms with Crippen LogP contribution in [-0.2, 0) is 6.42 Å². The van der Waals surface area contributed by atoms with Crippen LogP contribution in [0.2, 0.25) is 0 Å². The van der Waals surface area contributed by atoms with E-state index in [0.717, 1.165) is 57.4 Å². The average Bonchev–Trinajstić information content (AvgIpc) is 3.44. The fraction of sp³-hybridized carbons (Fsp3) is 0.524. The standard InChI is InChI=1S/C21H30N6S.HI/c22-20(26-11-13-27(14-12-26)21-23-8-15-28-21)24-16-19-7-10-25(17-19)9-6-18-4-2-1-3-5-18;/h1-5,8,15,19H,6-7,9-14,16-17H2,(H2,22,24);1H. The van der Waals surface area contributed by atoms with E-state index in [4.69, 9.17) is 10.7 Å². The van der Waals surface area contributed by atoms with Crippen molar-refractivity contribution in [1.29, 1.82) is 0 Å². The van der Waals surface area contributed by atoms with Crippen molar-refractivity contribution >= 4 is 46.4 Å². The molecule has 2 saturated heterocycles. The monoisotopic (exact) mass is 526 g/mol. The number of anilines is 1. The van der Waals surface area contributed by atoms with Gasteiger partial charge in [-0.25, -0.2) is 4.98 Å². The Labute approximate surface area is 194 Å². The number of guanidine groups is 1. The lowest BCUT2D eigenvalue weighted by Gasteiger charge is -2.35. The smallest absolute Gasteiger partial charge is 0.191 e. The summed E-state index contributed by atoms with van der Waals surface area (Å²) in [4.78, 5) is 16.2. The zero-order valence-corrected chi connectivity index (χ0v) is 20.0. The quantitative estimate of drug-likeness (QED) is 0.357. The van der Waals surface area contributed by atoms with Crippen molar-refractivity contribution in [2.75, 3.05) is 57.3 Å². The van der Waals surface area contributed by atoms with E-state index >= 15 is 0 Å². The maximum Gasteiger partial charge on any atom is 0.191 e. The SMILES string of the molecule is I.NC(=NCC1CCN(CCc2ccccc2)C1)N1CCN(c2nccs2)CC1. The maximum atomic E-state index is 6.29. The molecular formula is C21H31IN6S. The molecular weight excluding hydrogens is 495 g/mol. The molecule has 2 fully saturated rings. The van der Waals surface area contributed by atoms with Crippen molar-refractivity contribution in [1.82, 2.24) is 14.8 Å². The number of nitrogens with zero attached hydrogens (tertiary/aromatic N) is 5. The van der Waals surface area contributed by atoms with E-state index in [9.17, 15) is 0 Å². The van der Waals surface area contributed by atoms with Crippen LogP contribution in [-0.4, -0.2) is 73.1 Å². The highest BCUT2D eigenvalue weighted by Crippen LogP contribution is 2.19. The molecule has 3 heterocycles. The van der Waals surface area contributed by atoms with E-state index in [1.165, 1.54) is 18.5 Å². The minimum absolute atomic E-state index is 0. The van der Waals surface area contributed by atoms with Crippen LogP contribution in [0, 0.1) is 5.92 Å². The molecule has 1 aromatic heterocycles. The van der Waals surface area contributed by atoms with Gasteiger partial charge in [0.05, 0.1) is 0 Å². The van der Waals surface area contributed by atoms with Gasteiger partial charge in [0, 0.05) is 57.4 Å². The number of likely N-dealkylation sites (tertiary alicyclic amines) is 1. The van der Waals surface area contributed by atoms with Crippen molar-refractivity contribution in [3.8, 4) is 0 Å². The van der Waals surface area contributed by atoms with Crippen LogP contribution >= 0.6 is 35.3 Å². The van der Waals surface area contributed by atoms with E-state index in [0.29, 0.717) is 11.9 Å². The number of aromatic nitrogens is 1. The Hall–Kier alpha value is -1.39. The molecule has 0 bridgehead atoms. The second-order valence-corrected chi connectivity index (χ2v) is 8.55. The van der Waals surface area contributed by atoms with Gasteiger partial charge in [0.1, 0.15) is 0 Å². The summed E-state index contributed by atoms with van der Waals surface area (Å²) >= 11 is 1.70. The summed E-state index contributed by atoms with van der Waals surface area (Å²) in [5, 5.41) is 3.14. The number of piperazine rings is 1. The number of halogens is 1. The molecule has 2 aliphatic rings. The molecule has 0 saturated carbocycles. The van der Waals surface area contributed by atoms with Gasteiger partial charge < -0.3 is 20.4 Å². The van der Waals surface area contributed by atoms with Crippen LogP contribution in [0.1, 0.15) is 12.0 Å². The molecule has 2 aromatic rings. The first-order chi connectivity index (χ1) is 13.8. The predicted octanol–water partition coefficient (Wildman–Crippen LogP) is 2.76. The van der Waals surface area contributed by atoms with Gasteiger partial charge in [-0.3, -0.25) is 4.99 Å². The molecule has 1 atom stereocenters. The van der Waals surface area contributed by atoms with Gasteiger partial charge >= 0.3 is 0 Å². The molecule has 0 aliphatic carbocycles. The average molecular weight is 526 g/mol. The van der Waals surface area contributed by atoms with Gasteiger partial charge in [0.15, 0.2) is 11.1 Å². The fourth-order valence-corrected chi connectivity index (χ4v) is 4.72. The summed E-state index contributed by atoms with van der Waals surface area (Å²) < 4.78 is 0. The Balaban J connectivity index is 0.00000240. The first-order valence-corrected chi connectivity index (χ1v) is 11.1. The van der Waals surface area contributed by atoms with Crippen LogP contribution in [0.5, 0.6) is 0 Å². The summed E-state index contributed by atoms with van der Waals surface area (Å²) in [6.45, 7) is 8.06. The second-order valence-electron chi connectivity index (χ2n) is 7.68. The topological polar surface area (TPSA) is 61.0 Å². The summed E-state index contributed by atoms with van der Waals surface area (Å²) in [5.74, 6) is 1.34. The molecule has 0 radical (unpaired) electrons. The van der Waals surface area contributed by atoms with Gasteiger partial charge in [-0.1, -0.05) is 30.3 Å². The normalized spacial score (nSPS) is 20.7. The molecule has 0 spiro atoms. The molecule has 1 unspecified atom stereocenters. The van der Waals surface area contributed by atoms with Crippen molar-refractivity contribution in [2.45, 2.75) is 12.8 Å². The van der Waals surface area contributed by atoms with Crippen molar-refractivity contribution in [3.05, 3.63) is 47.5 Å². The lowest BCUT2D eigenvalue weighted by molar-refractivity contribution is 0.329. The third kappa shape index (κ3) is 6.29. The van der Waals surface area contributed by atoms with Gasteiger partial charge in [0.25, 0.3) is 0 Å². The summed E-state index contributed by atoms with van der Waals surface area (Å²) in [5.41, 5.74) is 7.71. The second kappa shape index (κ2) is 11.1. The minimum Gasteiger partial charge on any atom is -0.370 e. The fourth-order valence-electron chi connectivity index (χ4n) is 4.02. The van der Waals surface area contributed by atoms with Crippen LogP contribution in [0.25, 0.3) is 0 Å². The molecule has 2 N–H and O–H groups in total. The molecule has 8 heteroatoms. The minimum atomic E-state index is 0. The van der Waals surface area contributed by atoms with E-state index in [-0.39, 0.29) is 24.0 Å². The van der Waals surface area contributed by atoms with Gasteiger partial charge in [-0.05, 0) is 30.9 Å². The van der Waals surface area contributed by atoms with E-state index < -0.39 is 0 Å². The Morgan fingerprint density at radius 3 is 2.66 bits per heavy atom. The highest BCUT2D eigenvalue weighted by molar-refractivity contribution is 14.0. The van der Waals surface area contributed by atoms with Crippen LogP contribution in [0.4, 0.5) is 5.13 Å². The number of aliphatic imine (C=N–C) groups is 1. The highest BCUT2D eigenvalue weighted by atomic mass is 127. The first kappa shape index (κ1) is 22.3. The Morgan fingerprint density at radius 1 is 1.14 bits per heavy atom. The largest absolute Gasteiger partial charge is 0.370 e. The van der Waals surface area contributed by atoms with E-state index in [1.54, 1.807) is 11.3 Å². The third-order valence-corrected chi connectivity index (χ3v) is 6.57. The van der Waals surface area contributed by atoms with Crippen molar-refractivity contribution < 1.29 is 0 Å². The number of nitrogens with two attached hydrogens (primary N) is 1.